The van der Waals surface area contributed by atoms with Crippen LogP contribution in [0, 0.1) is 17.1 Å². The van der Waals surface area contributed by atoms with Crippen LogP contribution in [0.5, 0.6) is 0 Å². The van der Waals surface area contributed by atoms with Crippen molar-refractivity contribution in [1.82, 2.24) is 4.90 Å². The Kier molecular flexibility index (Phi) is 5.31. The lowest BCUT2D eigenvalue weighted by molar-refractivity contribution is -0.147. The number of hydrogen-bond donors (Lipinski definition) is 0. The predicted molar refractivity (Wildman–Crippen MR) is 62.7 cm³/mol. The summed E-state index contributed by atoms with van der Waals surface area (Å²) in [6, 6.07) is 5.57. The van der Waals surface area contributed by atoms with Crippen molar-refractivity contribution in [1.29, 1.82) is 5.26 Å². The van der Waals surface area contributed by atoms with E-state index in [1.165, 1.54) is 12.1 Å². The van der Waals surface area contributed by atoms with Gasteiger partial charge >= 0.3 is 6.18 Å². The van der Waals surface area contributed by atoms with Gasteiger partial charge in [0.2, 0.25) is 0 Å². The monoisotopic (exact) mass is 274 g/mol. The highest BCUT2D eigenvalue weighted by molar-refractivity contribution is 5.32. The summed E-state index contributed by atoms with van der Waals surface area (Å²) in [5, 5.41) is 8.60. The van der Waals surface area contributed by atoms with Crippen molar-refractivity contribution in [2.75, 3.05) is 13.1 Å². The normalized spacial score (nSPS) is 11.6. The van der Waals surface area contributed by atoms with Gasteiger partial charge in [0.1, 0.15) is 5.82 Å². The van der Waals surface area contributed by atoms with E-state index < -0.39 is 18.5 Å². The maximum Gasteiger partial charge on any atom is 0.401 e. The van der Waals surface area contributed by atoms with Crippen molar-refractivity contribution >= 4 is 0 Å². The number of halogens is 4. The molecule has 0 aromatic heterocycles. The molecule has 0 aliphatic heterocycles. The molecule has 0 fully saturated rings. The molecule has 1 aromatic rings. The molecule has 0 aliphatic rings. The molecule has 0 atom stereocenters. The summed E-state index contributed by atoms with van der Waals surface area (Å²) < 4.78 is 50.7. The van der Waals surface area contributed by atoms with Gasteiger partial charge in [-0.25, -0.2) is 4.39 Å². The van der Waals surface area contributed by atoms with Gasteiger partial charge in [-0.3, -0.25) is 4.90 Å². The van der Waals surface area contributed by atoms with E-state index in [1.54, 1.807) is 13.0 Å². The second-order valence-corrected chi connectivity index (χ2v) is 4.24. The number of rotatable bonds is 5. The van der Waals surface area contributed by atoms with Crippen molar-refractivity contribution in [2.24, 2.45) is 0 Å². The van der Waals surface area contributed by atoms with Crippen molar-refractivity contribution in [2.45, 2.75) is 26.1 Å². The van der Waals surface area contributed by atoms with Gasteiger partial charge < -0.3 is 0 Å². The van der Waals surface area contributed by atoms with Crippen LogP contribution in [0.1, 0.15) is 24.5 Å². The molecular formula is C13H14F4N2. The van der Waals surface area contributed by atoms with Crippen LogP contribution in [-0.4, -0.2) is 24.2 Å². The van der Waals surface area contributed by atoms with Gasteiger partial charge in [0, 0.05) is 12.1 Å². The van der Waals surface area contributed by atoms with Crippen molar-refractivity contribution in [3.05, 3.63) is 35.1 Å². The maximum absolute atomic E-state index is 13.6. The van der Waals surface area contributed by atoms with E-state index in [-0.39, 0.29) is 24.2 Å². The number of nitrogens with zero attached hydrogens (tertiary/aromatic N) is 2. The highest BCUT2D eigenvalue weighted by Crippen LogP contribution is 2.19. The van der Waals surface area contributed by atoms with Crippen molar-refractivity contribution in [3.8, 4) is 6.07 Å². The number of hydrogen-bond acceptors (Lipinski definition) is 2. The topological polar surface area (TPSA) is 27.0 Å². The lowest BCUT2D eigenvalue weighted by Gasteiger charge is -2.23. The Morgan fingerprint density at radius 1 is 1.32 bits per heavy atom. The van der Waals surface area contributed by atoms with Gasteiger partial charge in [0.25, 0.3) is 0 Å². The van der Waals surface area contributed by atoms with Gasteiger partial charge in [-0.1, -0.05) is 13.0 Å². The molecule has 0 spiro atoms. The van der Waals surface area contributed by atoms with E-state index in [1.807, 2.05) is 0 Å². The smallest absolute Gasteiger partial charge is 0.291 e. The fraction of sp³-hybridized carbons (Fsp3) is 0.462. The zero-order valence-electron chi connectivity index (χ0n) is 10.5. The molecule has 0 bridgehead atoms. The summed E-state index contributed by atoms with van der Waals surface area (Å²) in [4.78, 5) is 1.14. The summed E-state index contributed by atoms with van der Waals surface area (Å²) in [7, 11) is 0. The van der Waals surface area contributed by atoms with Gasteiger partial charge in [-0.05, 0) is 25.1 Å². The molecule has 6 heteroatoms. The molecule has 0 radical (unpaired) electrons. The van der Waals surface area contributed by atoms with Crippen LogP contribution in [0.2, 0.25) is 0 Å². The molecule has 0 saturated carbocycles. The zero-order valence-corrected chi connectivity index (χ0v) is 10.5. The third-order valence-electron chi connectivity index (χ3n) is 2.52. The summed E-state index contributed by atoms with van der Waals surface area (Å²) in [6.07, 6.45) is -3.76. The molecule has 2 nitrogen and oxygen atoms in total. The first-order chi connectivity index (χ1) is 8.85. The number of alkyl halides is 3. The van der Waals surface area contributed by atoms with E-state index >= 15 is 0 Å². The van der Waals surface area contributed by atoms with Crippen LogP contribution in [0.3, 0.4) is 0 Å². The Bertz CT molecular complexity index is 463. The Hall–Kier alpha value is -1.61. The second-order valence-electron chi connectivity index (χ2n) is 4.24. The molecule has 0 aliphatic carbocycles. The highest BCUT2D eigenvalue weighted by atomic mass is 19.4. The summed E-state index contributed by atoms with van der Waals surface area (Å²) in [5.41, 5.74) is 0.316. The molecule has 104 valence electrons. The summed E-state index contributed by atoms with van der Waals surface area (Å²) in [5.74, 6) is -0.651. The van der Waals surface area contributed by atoms with Crippen LogP contribution in [0.4, 0.5) is 17.6 Å². The first-order valence-corrected chi connectivity index (χ1v) is 5.83. The predicted octanol–water partition coefficient (Wildman–Crippen LogP) is 3.47. The van der Waals surface area contributed by atoms with Gasteiger partial charge in [-0.2, -0.15) is 18.4 Å². The molecular weight excluding hydrogens is 260 g/mol. The Morgan fingerprint density at radius 2 is 2.00 bits per heavy atom. The highest BCUT2D eigenvalue weighted by Gasteiger charge is 2.30. The van der Waals surface area contributed by atoms with E-state index in [2.05, 4.69) is 0 Å². The van der Waals surface area contributed by atoms with Crippen LogP contribution < -0.4 is 0 Å². The average molecular weight is 274 g/mol. The molecule has 1 rings (SSSR count). The lowest BCUT2D eigenvalue weighted by Crippen LogP contribution is -2.34. The van der Waals surface area contributed by atoms with E-state index in [0.29, 0.717) is 6.42 Å². The number of benzene rings is 1. The quantitative estimate of drug-likeness (QED) is 0.769. The fourth-order valence-electron chi connectivity index (χ4n) is 1.77. The SMILES string of the molecule is CCCN(Cc1ccc(C#N)cc1F)CC(F)(F)F. The summed E-state index contributed by atoms with van der Waals surface area (Å²) >= 11 is 0. The molecule has 0 saturated heterocycles. The first-order valence-electron chi connectivity index (χ1n) is 5.83. The molecule has 1 aromatic carbocycles. The third-order valence-corrected chi connectivity index (χ3v) is 2.52. The molecule has 0 heterocycles. The van der Waals surface area contributed by atoms with Crippen molar-refractivity contribution < 1.29 is 17.6 Å². The minimum absolute atomic E-state index is 0.120. The Morgan fingerprint density at radius 3 is 2.47 bits per heavy atom. The average Bonchev–Trinajstić information content (AvgIpc) is 2.30. The molecule has 0 amide bonds. The standard InChI is InChI=1S/C13H14F4N2/c1-2-5-19(9-13(15,16)17)8-11-4-3-10(7-18)6-12(11)14/h3-4,6H,2,5,8-9H2,1H3. The minimum Gasteiger partial charge on any atom is -0.291 e. The van der Waals surface area contributed by atoms with Gasteiger partial charge in [0.15, 0.2) is 0 Å². The number of nitriles is 1. The van der Waals surface area contributed by atoms with Gasteiger partial charge in [0.05, 0.1) is 18.2 Å². The molecule has 0 unspecified atom stereocenters. The molecule has 19 heavy (non-hydrogen) atoms. The maximum atomic E-state index is 13.6. The van der Waals surface area contributed by atoms with E-state index in [4.69, 9.17) is 5.26 Å². The fourth-order valence-corrected chi connectivity index (χ4v) is 1.77. The van der Waals surface area contributed by atoms with E-state index in [0.717, 1.165) is 11.0 Å². The molecule has 0 N–H and O–H groups in total. The minimum atomic E-state index is -4.31. The lowest BCUT2D eigenvalue weighted by atomic mass is 10.1. The van der Waals surface area contributed by atoms with Crippen LogP contribution >= 0.6 is 0 Å². The Balaban J connectivity index is 2.82. The first kappa shape index (κ1) is 15.4. The largest absolute Gasteiger partial charge is 0.401 e. The second kappa shape index (κ2) is 6.53. The van der Waals surface area contributed by atoms with E-state index in [9.17, 15) is 17.6 Å². The summed E-state index contributed by atoms with van der Waals surface area (Å²) in [6.45, 7) is 0.808. The van der Waals surface area contributed by atoms with Crippen LogP contribution in [0.25, 0.3) is 0 Å². The Labute approximate surface area is 109 Å². The van der Waals surface area contributed by atoms with Crippen molar-refractivity contribution in [3.63, 3.8) is 0 Å². The van der Waals surface area contributed by atoms with Crippen LogP contribution in [0.15, 0.2) is 18.2 Å². The third kappa shape index (κ3) is 5.26. The van der Waals surface area contributed by atoms with Gasteiger partial charge in [-0.15, -0.1) is 0 Å². The zero-order chi connectivity index (χ0) is 14.5. The van der Waals surface area contributed by atoms with Crippen LogP contribution in [-0.2, 0) is 6.54 Å².